The molecule has 0 aliphatic heterocycles. The Bertz CT molecular complexity index is 581. The number of nitrogens with zero attached hydrogens (tertiary/aromatic N) is 1. The van der Waals surface area contributed by atoms with Crippen LogP contribution in [0.25, 0.3) is 5.69 Å². The number of aromatic nitrogens is 2. The molecule has 2 aromatic rings. The number of benzene rings is 1. The summed E-state index contributed by atoms with van der Waals surface area (Å²) in [7, 11) is 0. The van der Waals surface area contributed by atoms with E-state index in [9.17, 15) is 9.59 Å². The van der Waals surface area contributed by atoms with Crippen molar-refractivity contribution in [3.8, 4) is 5.69 Å². The molecule has 0 saturated carbocycles. The number of H-pyrrole nitrogens is 1. The number of hydrogen-bond donors (Lipinski definition) is 2. The van der Waals surface area contributed by atoms with E-state index >= 15 is 0 Å². The Morgan fingerprint density at radius 2 is 1.94 bits per heavy atom. The van der Waals surface area contributed by atoms with Crippen LogP contribution in [0.1, 0.15) is 16.1 Å². The van der Waals surface area contributed by atoms with Gasteiger partial charge in [-0.05, 0) is 19.1 Å². The maximum atomic E-state index is 11.8. The molecule has 2 rings (SSSR count). The van der Waals surface area contributed by atoms with E-state index in [2.05, 4.69) is 5.10 Å². The Morgan fingerprint density at radius 3 is 2.44 bits per heavy atom. The molecule has 1 aromatic carbocycles. The molecule has 1 aromatic heterocycles. The molecule has 0 aliphatic rings. The number of carboxylic acid groups (broad SMARTS) is 1. The molecule has 16 heavy (non-hydrogen) atoms. The Hall–Kier alpha value is -2.30. The van der Waals surface area contributed by atoms with Crippen molar-refractivity contribution < 1.29 is 9.90 Å². The third-order valence-electron chi connectivity index (χ3n) is 2.30. The summed E-state index contributed by atoms with van der Waals surface area (Å²) in [5.74, 6) is -1.21. The summed E-state index contributed by atoms with van der Waals surface area (Å²) < 4.78 is 1.22. The Labute approximate surface area is 90.9 Å². The van der Waals surface area contributed by atoms with E-state index in [4.69, 9.17) is 5.11 Å². The Balaban J connectivity index is 2.66. The molecular weight excluding hydrogens is 208 g/mol. The van der Waals surface area contributed by atoms with Crippen LogP contribution in [0.5, 0.6) is 0 Å². The topological polar surface area (TPSA) is 75.1 Å². The number of para-hydroxylation sites is 1. The predicted octanol–water partition coefficient (Wildman–Crippen LogP) is 1.17. The highest BCUT2D eigenvalue weighted by atomic mass is 16.4. The van der Waals surface area contributed by atoms with E-state index in [1.165, 1.54) is 4.68 Å². The average Bonchev–Trinajstić information content (AvgIpc) is 2.55. The summed E-state index contributed by atoms with van der Waals surface area (Å²) in [6.45, 7) is 1.56. The van der Waals surface area contributed by atoms with Crippen molar-refractivity contribution in [2.24, 2.45) is 0 Å². The van der Waals surface area contributed by atoms with Gasteiger partial charge in [-0.15, -0.1) is 0 Å². The first-order valence-electron chi connectivity index (χ1n) is 4.71. The summed E-state index contributed by atoms with van der Waals surface area (Å²) in [6.07, 6.45) is 0. The van der Waals surface area contributed by atoms with Crippen LogP contribution in [0.15, 0.2) is 35.1 Å². The molecule has 0 atom stereocenters. The molecule has 0 aliphatic carbocycles. The lowest BCUT2D eigenvalue weighted by atomic mass is 10.2. The summed E-state index contributed by atoms with van der Waals surface area (Å²) in [4.78, 5) is 22.6. The normalized spacial score (nSPS) is 10.3. The minimum Gasteiger partial charge on any atom is -0.477 e. The third-order valence-corrected chi connectivity index (χ3v) is 2.30. The van der Waals surface area contributed by atoms with E-state index in [1.807, 2.05) is 6.07 Å². The van der Waals surface area contributed by atoms with Crippen molar-refractivity contribution in [2.45, 2.75) is 6.92 Å². The predicted molar refractivity (Wildman–Crippen MR) is 58.1 cm³/mol. The number of nitrogens with one attached hydrogen (secondary N) is 1. The maximum absolute atomic E-state index is 11.8. The Morgan fingerprint density at radius 1 is 1.31 bits per heavy atom. The smallest absolute Gasteiger partial charge is 0.343 e. The highest BCUT2D eigenvalue weighted by molar-refractivity contribution is 5.88. The van der Waals surface area contributed by atoms with Crippen LogP contribution < -0.4 is 5.56 Å². The second kappa shape index (κ2) is 3.69. The zero-order valence-electron chi connectivity index (χ0n) is 8.60. The van der Waals surface area contributed by atoms with Crippen LogP contribution in [0.3, 0.4) is 0 Å². The van der Waals surface area contributed by atoms with Gasteiger partial charge in [0.1, 0.15) is 5.56 Å². The van der Waals surface area contributed by atoms with Gasteiger partial charge in [0, 0.05) is 5.69 Å². The zero-order valence-corrected chi connectivity index (χ0v) is 8.60. The molecule has 0 saturated heterocycles. The molecule has 0 radical (unpaired) electrons. The fourth-order valence-corrected chi connectivity index (χ4v) is 1.56. The van der Waals surface area contributed by atoms with E-state index in [1.54, 1.807) is 31.2 Å². The number of aryl methyl sites for hydroxylation is 1. The number of carboxylic acids is 1. The van der Waals surface area contributed by atoms with Gasteiger partial charge in [0.25, 0.3) is 5.56 Å². The lowest BCUT2D eigenvalue weighted by Crippen LogP contribution is -2.20. The molecular formula is C11H10N2O3. The first-order chi connectivity index (χ1) is 7.61. The molecule has 0 spiro atoms. The monoisotopic (exact) mass is 218 g/mol. The van der Waals surface area contributed by atoms with Gasteiger partial charge in [0.2, 0.25) is 0 Å². The van der Waals surface area contributed by atoms with Crippen molar-refractivity contribution in [2.75, 3.05) is 0 Å². The second-order valence-corrected chi connectivity index (χ2v) is 3.39. The van der Waals surface area contributed by atoms with Gasteiger partial charge in [-0.25, -0.2) is 9.48 Å². The van der Waals surface area contributed by atoms with Crippen LogP contribution in [-0.2, 0) is 0 Å². The number of aromatic amines is 1. The third kappa shape index (κ3) is 1.52. The quantitative estimate of drug-likeness (QED) is 0.794. The van der Waals surface area contributed by atoms with Crippen molar-refractivity contribution in [3.63, 3.8) is 0 Å². The largest absolute Gasteiger partial charge is 0.477 e. The van der Waals surface area contributed by atoms with Gasteiger partial charge < -0.3 is 5.11 Å². The van der Waals surface area contributed by atoms with Gasteiger partial charge in [-0.2, -0.15) is 0 Å². The highest BCUT2D eigenvalue weighted by Crippen LogP contribution is 2.06. The molecule has 82 valence electrons. The first-order valence-corrected chi connectivity index (χ1v) is 4.71. The van der Waals surface area contributed by atoms with Crippen molar-refractivity contribution in [1.82, 2.24) is 9.78 Å². The van der Waals surface area contributed by atoms with Crippen molar-refractivity contribution >= 4 is 5.97 Å². The van der Waals surface area contributed by atoms with Gasteiger partial charge in [-0.3, -0.25) is 9.89 Å². The number of hydrogen-bond acceptors (Lipinski definition) is 2. The van der Waals surface area contributed by atoms with E-state index in [0.29, 0.717) is 11.4 Å². The first kappa shape index (κ1) is 10.2. The molecule has 1 heterocycles. The molecule has 0 amide bonds. The SMILES string of the molecule is Cc1[nH]n(-c2ccccc2)c(=O)c1C(=O)O. The molecule has 5 heteroatoms. The minimum atomic E-state index is -1.21. The van der Waals surface area contributed by atoms with Gasteiger partial charge >= 0.3 is 5.97 Å². The van der Waals surface area contributed by atoms with Crippen LogP contribution in [0.4, 0.5) is 0 Å². The summed E-state index contributed by atoms with van der Waals surface area (Å²) in [5, 5.41) is 11.6. The van der Waals surface area contributed by atoms with Gasteiger partial charge in [0.15, 0.2) is 0 Å². The van der Waals surface area contributed by atoms with Gasteiger partial charge in [-0.1, -0.05) is 18.2 Å². The molecule has 5 nitrogen and oxygen atoms in total. The number of carbonyl (C=O) groups is 1. The van der Waals surface area contributed by atoms with E-state index in [-0.39, 0.29) is 5.56 Å². The van der Waals surface area contributed by atoms with E-state index in [0.717, 1.165) is 0 Å². The molecule has 2 N–H and O–H groups in total. The fraction of sp³-hybridized carbons (Fsp3) is 0.0909. The molecule has 0 unspecified atom stereocenters. The summed E-state index contributed by atoms with van der Waals surface area (Å²) in [6, 6.07) is 8.82. The molecule has 0 bridgehead atoms. The Kier molecular flexibility index (Phi) is 2.36. The zero-order chi connectivity index (χ0) is 11.7. The maximum Gasteiger partial charge on any atom is 0.343 e. The number of aromatic carboxylic acids is 1. The number of rotatable bonds is 2. The van der Waals surface area contributed by atoms with Crippen LogP contribution in [0, 0.1) is 6.92 Å². The van der Waals surface area contributed by atoms with Crippen molar-refractivity contribution in [1.29, 1.82) is 0 Å². The average molecular weight is 218 g/mol. The second-order valence-electron chi connectivity index (χ2n) is 3.39. The molecule has 0 fully saturated rings. The summed E-state index contributed by atoms with van der Waals surface area (Å²) in [5.41, 5.74) is 0.199. The lowest BCUT2D eigenvalue weighted by Gasteiger charge is -1.99. The lowest BCUT2D eigenvalue weighted by molar-refractivity contribution is 0.0694. The summed E-state index contributed by atoms with van der Waals surface area (Å²) >= 11 is 0. The van der Waals surface area contributed by atoms with Crippen LogP contribution >= 0.6 is 0 Å². The van der Waals surface area contributed by atoms with E-state index < -0.39 is 11.5 Å². The van der Waals surface area contributed by atoms with Crippen LogP contribution in [-0.4, -0.2) is 20.9 Å². The van der Waals surface area contributed by atoms with Crippen LogP contribution in [0.2, 0.25) is 0 Å². The standard InChI is InChI=1S/C11H10N2O3/c1-7-9(11(15)16)10(14)13(12-7)8-5-3-2-4-6-8/h2-6,12H,1H3,(H,15,16). The minimum absolute atomic E-state index is 0.219. The highest BCUT2D eigenvalue weighted by Gasteiger charge is 2.17. The fourth-order valence-electron chi connectivity index (χ4n) is 1.56. The van der Waals surface area contributed by atoms with Crippen molar-refractivity contribution in [3.05, 3.63) is 51.9 Å². The van der Waals surface area contributed by atoms with Gasteiger partial charge in [0.05, 0.1) is 5.69 Å².